The van der Waals surface area contributed by atoms with E-state index >= 15 is 0 Å². The van der Waals surface area contributed by atoms with Gasteiger partial charge in [0, 0.05) is 0 Å². The molecule has 0 saturated heterocycles. The van der Waals surface area contributed by atoms with Gasteiger partial charge in [-0.3, -0.25) is 4.79 Å². The molecule has 7 heteroatoms. The predicted octanol–water partition coefficient (Wildman–Crippen LogP) is 2.48. The van der Waals surface area contributed by atoms with Crippen molar-refractivity contribution in [2.24, 2.45) is 0 Å². The Bertz CT molecular complexity index is 544. The van der Waals surface area contributed by atoms with Crippen LogP contribution in [0, 0.1) is 11.6 Å². The number of urea groups is 1. The number of hydrogen-bond acceptors (Lipinski definition) is 2. The van der Waals surface area contributed by atoms with E-state index in [0.29, 0.717) is 12.8 Å². The Hall–Kier alpha value is -2.18. The molecule has 0 aliphatic heterocycles. The molecule has 108 valence electrons. The first kappa shape index (κ1) is 14.2. The minimum absolute atomic E-state index is 0.188. The molecule has 0 heterocycles. The number of carboxylic acid groups (broad SMARTS) is 1. The molecule has 2 rings (SSSR count). The summed E-state index contributed by atoms with van der Waals surface area (Å²) in [5, 5.41) is 13.5. The topological polar surface area (TPSA) is 78.4 Å². The number of carbonyl (C=O) groups excluding carboxylic acids is 1. The van der Waals surface area contributed by atoms with Crippen LogP contribution in [0.25, 0.3) is 0 Å². The van der Waals surface area contributed by atoms with Crippen molar-refractivity contribution in [2.45, 2.75) is 31.2 Å². The number of aliphatic carboxylic acids is 1. The van der Waals surface area contributed by atoms with Crippen molar-refractivity contribution in [2.75, 3.05) is 5.32 Å². The van der Waals surface area contributed by atoms with Crippen LogP contribution < -0.4 is 10.6 Å². The Morgan fingerprint density at radius 2 is 2.00 bits per heavy atom. The largest absolute Gasteiger partial charge is 0.481 e. The van der Waals surface area contributed by atoms with Crippen LogP contribution in [-0.2, 0) is 4.79 Å². The maximum absolute atomic E-state index is 13.4. The third kappa shape index (κ3) is 3.04. The van der Waals surface area contributed by atoms with Crippen molar-refractivity contribution in [1.29, 1.82) is 0 Å². The summed E-state index contributed by atoms with van der Waals surface area (Å²) in [4.78, 5) is 22.5. The van der Waals surface area contributed by atoms with E-state index in [1.54, 1.807) is 0 Å². The van der Waals surface area contributed by atoms with Crippen molar-refractivity contribution in [1.82, 2.24) is 5.32 Å². The number of rotatable bonds is 4. The molecule has 0 spiro atoms. The first-order valence-electron chi connectivity index (χ1n) is 6.17. The number of hydrogen-bond donors (Lipinski definition) is 3. The highest BCUT2D eigenvalue weighted by molar-refractivity contribution is 5.90. The highest BCUT2D eigenvalue weighted by atomic mass is 19.2. The Kier molecular flexibility index (Phi) is 3.87. The normalized spacial score (nSPS) is 16.1. The van der Waals surface area contributed by atoms with E-state index in [1.807, 2.05) is 0 Å². The molecule has 20 heavy (non-hydrogen) atoms. The van der Waals surface area contributed by atoms with E-state index in [2.05, 4.69) is 10.6 Å². The fourth-order valence-corrected chi connectivity index (χ4v) is 2.23. The Morgan fingerprint density at radius 1 is 1.30 bits per heavy atom. The minimum Gasteiger partial charge on any atom is -0.481 e. The van der Waals surface area contributed by atoms with Gasteiger partial charge in [0.15, 0.2) is 11.6 Å². The van der Waals surface area contributed by atoms with Gasteiger partial charge in [-0.2, -0.15) is 0 Å². The number of halogens is 2. The number of benzene rings is 1. The van der Waals surface area contributed by atoms with Gasteiger partial charge in [0.2, 0.25) is 0 Å². The van der Waals surface area contributed by atoms with E-state index in [9.17, 15) is 18.4 Å². The lowest BCUT2D eigenvalue weighted by Crippen LogP contribution is -2.55. The molecule has 1 fully saturated rings. The fourth-order valence-electron chi connectivity index (χ4n) is 2.23. The van der Waals surface area contributed by atoms with Gasteiger partial charge < -0.3 is 15.7 Å². The number of nitrogens with one attached hydrogen (secondary N) is 2. The molecule has 1 aliphatic carbocycles. The Balaban J connectivity index is 2.02. The molecule has 5 nitrogen and oxygen atoms in total. The molecule has 1 aliphatic rings. The minimum atomic E-state index is -1.15. The monoisotopic (exact) mass is 284 g/mol. The SMILES string of the molecule is O=C(O)CC1(NC(=O)Nc2cccc(F)c2F)CCC1. The quantitative estimate of drug-likeness (QED) is 0.794. The summed E-state index contributed by atoms with van der Waals surface area (Å²) in [6.45, 7) is 0. The Morgan fingerprint density at radius 3 is 2.55 bits per heavy atom. The molecule has 0 bridgehead atoms. The number of carboxylic acids is 1. The highest BCUT2D eigenvalue weighted by Crippen LogP contribution is 2.35. The molecule has 0 radical (unpaired) electrons. The molecule has 1 aromatic carbocycles. The van der Waals surface area contributed by atoms with Gasteiger partial charge >= 0.3 is 12.0 Å². The summed E-state index contributed by atoms with van der Waals surface area (Å²) in [5.41, 5.74) is -1.08. The number of anilines is 1. The van der Waals surface area contributed by atoms with Gasteiger partial charge in [0.25, 0.3) is 0 Å². The van der Waals surface area contributed by atoms with E-state index in [0.717, 1.165) is 12.5 Å². The summed E-state index contributed by atoms with van der Waals surface area (Å²) in [5.74, 6) is -3.22. The second kappa shape index (κ2) is 5.44. The van der Waals surface area contributed by atoms with Crippen LogP contribution >= 0.6 is 0 Å². The average Bonchev–Trinajstić information content (AvgIpc) is 2.31. The lowest BCUT2D eigenvalue weighted by atomic mass is 9.74. The maximum atomic E-state index is 13.4. The van der Waals surface area contributed by atoms with Crippen LogP contribution in [0.4, 0.5) is 19.3 Å². The van der Waals surface area contributed by atoms with Gasteiger partial charge in [-0.15, -0.1) is 0 Å². The average molecular weight is 284 g/mol. The number of amides is 2. The van der Waals surface area contributed by atoms with Crippen LogP contribution in [0.1, 0.15) is 25.7 Å². The lowest BCUT2D eigenvalue weighted by Gasteiger charge is -2.41. The molecule has 0 unspecified atom stereocenters. The van der Waals surface area contributed by atoms with Crippen LogP contribution in [0.3, 0.4) is 0 Å². The summed E-state index contributed by atoms with van der Waals surface area (Å²) in [6.07, 6.45) is 1.74. The lowest BCUT2D eigenvalue weighted by molar-refractivity contribution is -0.139. The van der Waals surface area contributed by atoms with Crippen LogP contribution in [0.15, 0.2) is 18.2 Å². The second-order valence-corrected chi connectivity index (χ2v) is 4.88. The summed E-state index contributed by atoms with van der Waals surface area (Å²) >= 11 is 0. The van der Waals surface area contributed by atoms with E-state index in [-0.39, 0.29) is 12.1 Å². The van der Waals surface area contributed by atoms with Gasteiger partial charge in [0.1, 0.15) is 0 Å². The zero-order chi connectivity index (χ0) is 14.8. The van der Waals surface area contributed by atoms with Crippen molar-refractivity contribution in [3.05, 3.63) is 29.8 Å². The van der Waals surface area contributed by atoms with Crippen LogP contribution in [0.5, 0.6) is 0 Å². The van der Waals surface area contributed by atoms with Crippen molar-refractivity contribution in [3.63, 3.8) is 0 Å². The molecule has 0 aromatic heterocycles. The van der Waals surface area contributed by atoms with E-state index < -0.39 is 29.2 Å². The third-order valence-corrected chi connectivity index (χ3v) is 3.38. The van der Waals surface area contributed by atoms with E-state index in [1.165, 1.54) is 12.1 Å². The van der Waals surface area contributed by atoms with Gasteiger partial charge in [0.05, 0.1) is 17.6 Å². The first-order chi connectivity index (χ1) is 9.42. The van der Waals surface area contributed by atoms with Gasteiger partial charge in [-0.25, -0.2) is 13.6 Å². The number of carbonyl (C=O) groups is 2. The molecule has 0 atom stereocenters. The van der Waals surface area contributed by atoms with E-state index in [4.69, 9.17) is 5.11 Å². The smallest absolute Gasteiger partial charge is 0.319 e. The highest BCUT2D eigenvalue weighted by Gasteiger charge is 2.40. The second-order valence-electron chi connectivity index (χ2n) is 4.88. The summed E-state index contributed by atoms with van der Waals surface area (Å²) in [6, 6.07) is 2.69. The molecule has 1 saturated carbocycles. The zero-order valence-corrected chi connectivity index (χ0v) is 10.6. The van der Waals surface area contributed by atoms with Gasteiger partial charge in [-0.05, 0) is 31.4 Å². The van der Waals surface area contributed by atoms with Crippen molar-refractivity contribution in [3.8, 4) is 0 Å². The molecular formula is C13H14F2N2O3. The fraction of sp³-hybridized carbons (Fsp3) is 0.385. The Labute approximate surface area is 114 Å². The van der Waals surface area contributed by atoms with Crippen molar-refractivity contribution < 1.29 is 23.5 Å². The maximum Gasteiger partial charge on any atom is 0.319 e. The first-order valence-corrected chi connectivity index (χ1v) is 6.17. The third-order valence-electron chi connectivity index (χ3n) is 3.38. The molecule has 2 amide bonds. The molecular weight excluding hydrogens is 270 g/mol. The standard InChI is InChI=1S/C13H14F2N2O3/c14-8-3-1-4-9(11(8)15)16-12(20)17-13(5-2-6-13)7-10(18)19/h1,3-4H,2,5-7H2,(H,18,19)(H2,16,17,20). The van der Waals surface area contributed by atoms with Crippen LogP contribution in [0.2, 0.25) is 0 Å². The molecule has 3 N–H and O–H groups in total. The predicted molar refractivity (Wildman–Crippen MR) is 67.3 cm³/mol. The molecule has 1 aromatic rings. The zero-order valence-electron chi connectivity index (χ0n) is 10.6. The van der Waals surface area contributed by atoms with Crippen molar-refractivity contribution >= 4 is 17.7 Å². The van der Waals surface area contributed by atoms with Gasteiger partial charge in [-0.1, -0.05) is 6.07 Å². The summed E-state index contributed by atoms with van der Waals surface area (Å²) < 4.78 is 26.4. The van der Waals surface area contributed by atoms with Crippen LogP contribution in [-0.4, -0.2) is 22.6 Å². The summed E-state index contributed by atoms with van der Waals surface area (Å²) in [7, 11) is 0.